The molecule has 1 heterocycles. The monoisotopic (exact) mass is 444 g/mol. The van der Waals surface area contributed by atoms with Crippen LogP contribution in [0.15, 0.2) is 47.6 Å². The smallest absolute Gasteiger partial charge is 0.220 e. The SMILES string of the molecule is Cc1cccc(CSc2nnc(CCC(=O)NCC(C)C)n2C2=CC(Cl)CC=C2)c1. The summed E-state index contributed by atoms with van der Waals surface area (Å²) in [6.07, 6.45) is 7.88. The highest BCUT2D eigenvalue weighted by atomic mass is 35.5. The highest BCUT2D eigenvalue weighted by Crippen LogP contribution is 2.28. The van der Waals surface area contributed by atoms with Gasteiger partial charge in [0.1, 0.15) is 5.82 Å². The Morgan fingerprint density at radius 2 is 2.20 bits per heavy atom. The zero-order valence-electron chi connectivity index (χ0n) is 17.8. The molecule has 1 aliphatic rings. The number of halogens is 1. The van der Waals surface area contributed by atoms with Crippen LogP contribution < -0.4 is 5.32 Å². The maximum Gasteiger partial charge on any atom is 0.220 e. The van der Waals surface area contributed by atoms with E-state index < -0.39 is 0 Å². The van der Waals surface area contributed by atoms with Crippen LogP contribution in [0.4, 0.5) is 0 Å². The van der Waals surface area contributed by atoms with Gasteiger partial charge in [-0.3, -0.25) is 9.36 Å². The number of amides is 1. The molecule has 1 amide bonds. The molecule has 160 valence electrons. The number of benzene rings is 1. The molecular weight excluding hydrogens is 416 g/mol. The molecule has 5 nitrogen and oxygen atoms in total. The van der Waals surface area contributed by atoms with E-state index in [9.17, 15) is 4.79 Å². The number of hydrogen-bond donors (Lipinski definition) is 1. The standard InChI is InChI=1S/C23H29ClN4OS/c1-16(2)14-25-22(29)11-10-21-26-27-23(28(21)20-9-5-8-19(24)13-20)30-15-18-7-4-6-17(3)12-18/h4-7,9,12-13,16,19H,8,10-11,14-15H2,1-3H3,(H,25,29). The number of nitrogens with one attached hydrogen (secondary N) is 1. The average Bonchev–Trinajstić information content (AvgIpc) is 3.12. The number of hydrogen-bond acceptors (Lipinski definition) is 4. The minimum Gasteiger partial charge on any atom is -0.356 e. The number of carbonyl (C=O) groups is 1. The van der Waals surface area contributed by atoms with Gasteiger partial charge in [0.2, 0.25) is 5.91 Å². The summed E-state index contributed by atoms with van der Waals surface area (Å²) in [6, 6.07) is 8.47. The number of nitrogens with zero attached hydrogens (tertiary/aromatic N) is 3. The molecule has 0 bridgehead atoms. The van der Waals surface area contributed by atoms with Crippen molar-refractivity contribution in [3.63, 3.8) is 0 Å². The van der Waals surface area contributed by atoms with Gasteiger partial charge in [0.15, 0.2) is 5.16 Å². The summed E-state index contributed by atoms with van der Waals surface area (Å²) in [5, 5.41) is 12.6. The number of alkyl halides is 1. The molecule has 0 fully saturated rings. The van der Waals surface area contributed by atoms with E-state index in [0.29, 0.717) is 25.3 Å². The van der Waals surface area contributed by atoms with E-state index in [2.05, 4.69) is 72.7 Å². The topological polar surface area (TPSA) is 59.8 Å². The summed E-state index contributed by atoms with van der Waals surface area (Å²) in [5.74, 6) is 2.05. The van der Waals surface area contributed by atoms with Gasteiger partial charge < -0.3 is 5.32 Å². The molecule has 30 heavy (non-hydrogen) atoms. The molecule has 1 aliphatic carbocycles. The molecule has 0 spiro atoms. The average molecular weight is 445 g/mol. The second-order valence-electron chi connectivity index (χ2n) is 7.96. The van der Waals surface area contributed by atoms with Crippen LogP contribution >= 0.6 is 23.4 Å². The van der Waals surface area contributed by atoms with Crippen molar-refractivity contribution in [2.45, 2.75) is 56.3 Å². The van der Waals surface area contributed by atoms with Gasteiger partial charge in [-0.2, -0.15) is 0 Å². The summed E-state index contributed by atoms with van der Waals surface area (Å²) in [4.78, 5) is 12.2. The molecule has 0 saturated carbocycles. The molecule has 1 N–H and O–H groups in total. The van der Waals surface area contributed by atoms with E-state index in [1.807, 2.05) is 10.6 Å². The van der Waals surface area contributed by atoms with Crippen molar-refractivity contribution >= 4 is 35.0 Å². The van der Waals surface area contributed by atoms with Gasteiger partial charge in [0.25, 0.3) is 0 Å². The van der Waals surface area contributed by atoms with Crippen molar-refractivity contribution < 1.29 is 4.79 Å². The summed E-state index contributed by atoms with van der Waals surface area (Å²) < 4.78 is 2.04. The minimum absolute atomic E-state index is 0.0376. The molecule has 1 unspecified atom stereocenters. The van der Waals surface area contributed by atoms with Gasteiger partial charge in [-0.1, -0.05) is 61.5 Å². The molecule has 1 aromatic carbocycles. The Balaban J connectivity index is 1.77. The Morgan fingerprint density at radius 1 is 1.37 bits per heavy atom. The number of aryl methyl sites for hydroxylation is 2. The number of carbonyl (C=O) groups excluding carboxylic acids is 1. The molecule has 0 saturated heterocycles. The first-order chi connectivity index (χ1) is 14.4. The van der Waals surface area contributed by atoms with Crippen molar-refractivity contribution in [1.82, 2.24) is 20.1 Å². The third kappa shape index (κ3) is 6.47. The Labute approximate surface area is 188 Å². The molecular formula is C23H29ClN4OS. The summed E-state index contributed by atoms with van der Waals surface area (Å²) in [7, 11) is 0. The zero-order valence-corrected chi connectivity index (χ0v) is 19.3. The summed E-state index contributed by atoms with van der Waals surface area (Å²) in [5.41, 5.74) is 3.45. The van der Waals surface area contributed by atoms with Crippen molar-refractivity contribution in [3.05, 3.63) is 59.4 Å². The fourth-order valence-electron chi connectivity index (χ4n) is 3.17. The fourth-order valence-corrected chi connectivity index (χ4v) is 4.32. The Bertz CT molecular complexity index is 935. The highest BCUT2D eigenvalue weighted by Gasteiger charge is 2.18. The number of aromatic nitrogens is 3. The lowest BCUT2D eigenvalue weighted by Crippen LogP contribution is -2.27. The first kappa shape index (κ1) is 22.6. The third-order valence-electron chi connectivity index (χ3n) is 4.69. The van der Waals surface area contributed by atoms with Crippen LogP contribution in [0.3, 0.4) is 0 Å². The Morgan fingerprint density at radius 3 is 2.93 bits per heavy atom. The summed E-state index contributed by atoms with van der Waals surface area (Å²) >= 11 is 8.01. The first-order valence-corrected chi connectivity index (χ1v) is 11.8. The van der Waals surface area contributed by atoms with Crippen molar-refractivity contribution in [3.8, 4) is 0 Å². The predicted octanol–water partition coefficient (Wildman–Crippen LogP) is 4.99. The Kier molecular flexibility index (Phi) is 8.16. The fraction of sp³-hybridized carbons (Fsp3) is 0.435. The van der Waals surface area contributed by atoms with Crippen LogP contribution in [0.5, 0.6) is 0 Å². The molecule has 7 heteroatoms. The second kappa shape index (κ2) is 10.8. The minimum atomic E-state index is -0.0517. The predicted molar refractivity (Wildman–Crippen MR) is 125 cm³/mol. The number of rotatable bonds is 9. The van der Waals surface area contributed by atoms with E-state index in [0.717, 1.165) is 28.9 Å². The van der Waals surface area contributed by atoms with Crippen LogP contribution in [0.25, 0.3) is 5.70 Å². The quantitative estimate of drug-likeness (QED) is 0.437. The van der Waals surface area contributed by atoms with Gasteiger partial charge in [-0.25, -0.2) is 0 Å². The molecule has 1 aromatic heterocycles. The van der Waals surface area contributed by atoms with Crippen LogP contribution in [0.1, 0.15) is 43.6 Å². The van der Waals surface area contributed by atoms with E-state index in [-0.39, 0.29) is 11.3 Å². The summed E-state index contributed by atoms with van der Waals surface area (Å²) in [6.45, 7) is 6.94. The number of allylic oxidation sites excluding steroid dienone is 4. The highest BCUT2D eigenvalue weighted by molar-refractivity contribution is 7.98. The molecule has 1 atom stereocenters. The molecule has 0 radical (unpaired) electrons. The lowest BCUT2D eigenvalue weighted by atomic mass is 10.1. The lowest BCUT2D eigenvalue weighted by molar-refractivity contribution is -0.121. The van der Waals surface area contributed by atoms with Gasteiger partial charge in [0, 0.05) is 30.8 Å². The van der Waals surface area contributed by atoms with Gasteiger partial charge in [-0.15, -0.1) is 21.8 Å². The van der Waals surface area contributed by atoms with E-state index in [1.54, 1.807) is 11.8 Å². The maximum atomic E-state index is 12.2. The van der Waals surface area contributed by atoms with Crippen LogP contribution in [0.2, 0.25) is 0 Å². The Hall–Kier alpha value is -2.05. The maximum absolute atomic E-state index is 12.2. The van der Waals surface area contributed by atoms with E-state index in [1.165, 1.54) is 11.1 Å². The lowest BCUT2D eigenvalue weighted by Gasteiger charge is -2.16. The molecule has 3 rings (SSSR count). The largest absolute Gasteiger partial charge is 0.356 e. The number of thioether (sulfide) groups is 1. The van der Waals surface area contributed by atoms with Crippen LogP contribution in [0, 0.1) is 12.8 Å². The third-order valence-corrected chi connectivity index (χ3v) is 6.00. The van der Waals surface area contributed by atoms with Gasteiger partial charge in [-0.05, 0) is 37.0 Å². The van der Waals surface area contributed by atoms with Crippen molar-refractivity contribution in [2.24, 2.45) is 5.92 Å². The zero-order chi connectivity index (χ0) is 21.5. The molecule has 0 aliphatic heterocycles. The van der Waals surface area contributed by atoms with Crippen molar-refractivity contribution in [1.29, 1.82) is 0 Å². The van der Waals surface area contributed by atoms with Gasteiger partial charge in [0.05, 0.1) is 5.38 Å². The van der Waals surface area contributed by atoms with Crippen molar-refractivity contribution in [2.75, 3.05) is 6.54 Å². The van der Waals surface area contributed by atoms with Crippen LogP contribution in [-0.2, 0) is 17.0 Å². The molecule has 2 aromatic rings. The first-order valence-electron chi connectivity index (χ1n) is 10.3. The van der Waals surface area contributed by atoms with E-state index in [4.69, 9.17) is 11.6 Å². The van der Waals surface area contributed by atoms with Gasteiger partial charge >= 0.3 is 0 Å². The second-order valence-corrected chi connectivity index (χ2v) is 9.46. The normalized spacial score (nSPS) is 16.0. The van der Waals surface area contributed by atoms with E-state index >= 15 is 0 Å². The van der Waals surface area contributed by atoms with Crippen LogP contribution in [-0.4, -0.2) is 32.6 Å².